The van der Waals surface area contributed by atoms with Crippen LogP contribution in [0.2, 0.25) is 0 Å². The van der Waals surface area contributed by atoms with E-state index in [-0.39, 0.29) is 31.7 Å². The molecule has 2 unspecified atom stereocenters. The molecule has 3 aromatic rings. The third-order valence-corrected chi connectivity index (χ3v) is 10.7. The highest BCUT2D eigenvalue weighted by molar-refractivity contribution is 7.44. The van der Waals surface area contributed by atoms with Crippen molar-refractivity contribution in [3.05, 3.63) is 89.5 Å². The second-order valence-corrected chi connectivity index (χ2v) is 13.7. The van der Waals surface area contributed by atoms with Crippen molar-refractivity contribution in [2.75, 3.05) is 47.9 Å². The summed E-state index contributed by atoms with van der Waals surface area (Å²) < 4.78 is 48.9. The largest absolute Gasteiger partial charge is 0.497 e. The van der Waals surface area contributed by atoms with Crippen LogP contribution in [0, 0.1) is 5.41 Å². The van der Waals surface area contributed by atoms with E-state index >= 15 is 0 Å². The van der Waals surface area contributed by atoms with Crippen molar-refractivity contribution < 1.29 is 47.1 Å². The summed E-state index contributed by atoms with van der Waals surface area (Å²) in [4.78, 5) is 27.8. The predicted molar refractivity (Wildman–Crippen MR) is 197 cm³/mol. The van der Waals surface area contributed by atoms with Crippen molar-refractivity contribution in [3.63, 3.8) is 0 Å². The highest BCUT2D eigenvalue weighted by atomic mass is 31.2. The monoisotopic (exact) mass is 727 g/mol. The van der Waals surface area contributed by atoms with Gasteiger partial charge in [-0.05, 0) is 101 Å². The van der Waals surface area contributed by atoms with E-state index in [1.54, 1.807) is 35.2 Å². The first-order valence-corrected chi connectivity index (χ1v) is 18.4. The molecule has 3 aromatic carbocycles. The van der Waals surface area contributed by atoms with E-state index in [1.807, 2.05) is 107 Å². The fraction of sp³-hybridized carbons (Fsp3) is 0.487. The third-order valence-electron chi connectivity index (χ3n) is 8.52. The summed E-state index contributed by atoms with van der Waals surface area (Å²) in [6, 6.07) is 22.5. The molecule has 0 aliphatic carbocycles. The number of methoxy groups -OCH3 is 3. The van der Waals surface area contributed by atoms with Gasteiger partial charge in [-0.15, -0.1) is 0 Å². The van der Waals surface area contributed by atoms with E-state index in [4.69, 9.17) is 37.5 Å². The molecule has 0 heterocycles. The van der Waals surface area contributed by atoms with Crippen LogP contribution in [0.15, 0.2) is 72.8 Å². The molecule has 0 amide bonds. The molecule has 0 saturated heterocycles. The molecule has 280 valence electrons. The van der Waals surface area contributed by atoms with Gasteiger partial charge in [0.1, 0.15) is 22.8 Å². The van der Waals surface area contributed by atoms with Crippen molar-refractivity contribution in [1.82, 2.24) is 4.67 Å². The lowest BCUT2D eigenvalue weighted by Gasteiger charge is -2.38. The molecule has 2 atom stereocenters. The standard InChI is InChI=1S/C39H54NO10P/c1-11-38(36(41)46-12-2,26-50-51(49-13-3)40(28(4)5)29(6)7)37(42)47-27-48-39(30-14-20-33(43-8)21-15-30,31-16-22-34(44-9)23-17-31)32-18-24-35(45-10)25-19-32/h14-25,28-29H,11-13,26-27H2,1-10H3. The van der Waals surface area contributed by atoms with Gasteiger partial charge in [0.2, 0.25) is 0 Å². The summed E-state index contributed by atoms with van der Waals surface area (Å²) in [5, 5.41) is 0. The number of hydrogen-bond donors (Lipinski definition) is 0. The summed E-state index contributed by atoms with van der Waals surface area (Å²) in [6.07, 6.45) is 0.0594. The van der Waals surface area contributed by atoms with Crippen molar-refractivity contribution in [3.8, 4) is 17.2 Å². The molecule has 0 aliphatic heterocycles. The van der Waals surface area contributed by atoms with Gasteiger partial charge in [-0.1, -0.05) is 43.3 Å². The lowest BCUT2D eigenvalue weighted by Crippen LogP contribution is -2.46. The Balaban J connectivity index is 2.07. The van der Waals surface area contributed by atoms with Crippen LogP contribution < -0.4 is 14.2 Å². The van der Waals surface area contributed by atoms with E-state index in [9.17, 15) is 9.59 Å². The molecule has 0 N–H and O–H groups in total. The normalized spacial score (nSPS) is 13.5. The van der Waals surface area contributed by atoms with Gasteiger partial charge in [0.25, 0.3) is 8.53 Å². The van der Waals surface area contributed by atoms with Crippen molar-refractivity contribution in [2.24, 2.45) is 5.41 Å². The first kappa shape index (κ1) is 41.7. The van der Waals surface area contributed by atoms with E-state index in [1.165, 1.54) is 0 Å². The molecule has 0 radical (unpaired) electrons. The molecule has 0 bridgehead atoms. The second-order valence-electron chi connectivity index (χ2n) is 12.2. The molecule has 11 nitrogen and oxygen atoms in total. The van der Waals surface area contributed by atoms with Crippen molar-refractivity contribution in [2.45, 2.75) is 72.6 Å². The zero-order valence-electron chi connectivity index (χ0n) is 31.6. The van der Waals surface area contributed by atoms with Crippen LogP contribution in [0.4, 0.5) is 0 Å². The average molecular weight is 728 g/mol. The van der Waals surface area contributed by atoms with Crippen molar-refractivity contribution in [1.29, 1.82) is 0 Å². The summed E-state index contributed by atoms with van der Waals surface area (Å²) >= 11 is 0. The Bertz CT molecular complexity index is 1370. The van der Waals surface area contributed by atoms with E-state index in [0.717, 1.165) is 16.7 Å². The fourth-order valence-electron chi connectivity index (χ4n) is 5.82. The van der Waals surface area contributed by atoms with E-state index in [2.05, 4.69) is 4.67 Å². The van der Waals surface area contributed by atoms with E-state index in [0.29, 0.717) is 23.9 Å². The molecule has 3 rings (SSSR count). The minimum atomic E-state index is -1.78. The zero-order valence-corrected chi connectivity index (χ0v) is 32.5. The van der Waals surface area contributed by atoms with Gasteiger partial charge in [0.15, 0.2) is 12.2 Å². The van der Waals surface area contributed by atoms with Gasteiger partial charge in [0, 0.05) is 12.1 Å². The van der Waals surface area contributed by atoms with E-state index < -0.39 is 38.3 Å². The number of hydrogen-bond acceptors (Lipinski definition) is 11. The van der Waals surface area contributed by atoms with Crippen LogP contribution in [0.3, 0.4) is 0 Å². The third kappa shape index (κ3) is 9.78. The topological polar surface area (TPSA) is 111 Å². The Kier molecular flexibility index (Phi) is 16.2. The summed E-state index contributed by atoms with van der Waals surface area (Å²) in [7, 11) is 3.18. The van der Waals surface area contributed by atoms with Gasteiger partial charge < -0.3 is 37.5 Å². The number of carbonyl (C=O) groups excluding carboxylic acids is 2. The highest BCUT2D eigenvalue weighted by Crippen LogP contribution is 2.48. The predicted octanol–water partition coefficient (Wildman–Crippen LogP) is 7.88. The minimum absolute atomic E-state index is 0.0594. The lowest BCUT2D eigenvalue weighted by atomic mass is 9.80. The molecule has 12 heteroatoms. The Hall–Kier alpha value is -3.73. The van der Waals surface area contributed by atoms with Crippen LogP contribution in [0.1, 0.15) is 71.6 Å². The molecular formula is C39H54NO10P. The molecule has 0 aromatic heterocycles. The number of ether oxygens (including phenoxy) is 6. The molecular weight excluding hydrogens is 673 g/mol. The first-order chi connectivity index (χ1) is 24.5. The fourth-order valence-corrected chi connectivity index (χ4v) is 7.46. The smallest absolute Gasteiger partial charge is 0.328 e. The van der Waals surface area contributed by atoms with Crippen LogP contribution in [0.25, 0.3) is 0 Å². The van der Waals surface area contributed by atoms with Gasteiger partial charge in [-0.3, -0.25) is 9.59 Å². The van der Waals surface area contributed by atoms with Crippen LogP contribution in [-0.2, 0) is 38.4 Å². The van der Waals surface area contributed by atoms with Crippen molar-refractivity contribution >= 4 is 20.5 Å². The second kappa shape index (κ2) is 19.8. The number of nitrogens with zero attached hydrogens (tertiary/aromatic N) is 1. The Morgan fingerprint density at radius 1 is 0.627 bits per heavy atom. The lowest BCUT2D eigenvalue weighted by molar-refractivity contribution is -0.188. The maximum atomic E-state index is 14.2. The number of carbonyl (C=O) groups is 2. The molecule has 0 saturated carbocycles. The Labute approximate surface area is 304 Å². The Morgan fingerprint density at radius 3 is 1.37 bits per heavy atom. The highest BCUT2D eigenvalue weighted by Gasteiger charge is 2.50. The van der Waals surface area contributed by atoms with Crippen LogP contribution in [-0.4, -0.2) is 76.6 Å². The van der Waals surface area contributed by atoms with Gasteiger partial charge in [-0.25, -0.2) is 4.67 Å². The molecule has 0 spiro atoms. The maximum absolute atomic E-state index is 14.2. The minimum Gasteiger partial charge on any atom is -0.497 e. The quantitative estimate of drug-likeness (QED) is 0.0351. The molecule has 0 aliphatic rings. The Morgan fingerprint density at radius 2 is 1.04 bits per heavy atom. The first-order valence-electron chi connectivity index (χ1n) is 17.2. The zero-order chi connectivity index (χ0) is 37.6. The summed E-state index contributed by atoms with van der Waals surface area (Å²) in [6.45, 7) is 13.1. The number of benzene rings is 3. The van der Waals surface area contributed by atoms with Crippen LogP contribution >= 0.6 is 8.53 Å². The van der Waals surface area contributed by atoms with Gasteiger partial charge in [-0.2, -0.15) is 0 Å². The number of esters is 2. The summed E-state index contributed by atoms with van der Waals surface area (Å²) in [5.74, 6) is 0.406. The summed E-state index contributed by atoms with van der Waals surface area (Å²) in [5.41, 5.74) is -0.877. The maximum Gasteiger partial charge on any atom is 0.328 e. The van der Waals surface area contributed by atoms with Gasteiger partial charge >= 0.3 is 11.9 Å². The average Bonchev–Trinajstić information content (AvgIpc) is 3.14. The molecule has 0 fully saturated rings. The molecule has 51 heavy (non-hydrogen) atoms. The SMILES string of the molecule is CCOC(=O)C(CC)(COP(OCC)N(C(C)C)C(C)C)C(=O)OCOC(c1ccc(OC)cc1)(c1ccc(OC)cc1)c1ccc(OC)cc1. The number of rotatable bonds is 21. The van der Waals surface area contributed by atoms with Crippen LogP contribution in [0.5, 0.6) is 17.2 Å². The van der Waals surface area contributed by atoms with Gasteiger partial charge in [0.05, 0.1) is 41.2 Å².